The molecule has 0 bridgehead atoms. The van der Waals surface area contributed by atoms with Crippen molar-refractivity contribution in [2.75, 3.05) is 20.1 Å². The lowest BCUT2D eigenvalue weighted by Gasteiger charge is -2.51. The molecule has 2 fully saturated rings. The molecule has 0 aromatic heterocycles. The number of hydrogen-bond acceptors (Lipinski definition) is 3. The lowest BCUT2D eigenvalue weighted by atomic mass is 9.64. The molecule has 3 nitrogen and oxygen atoms in total. The zero-order chi connectivity index (χ0) is 11.8. The smallest absolute Gasteiger partial charge is 0.0742 e. The Labute approximate surface area is 99.0 Å². The minimum Gasteiger partial charge on any atom is -0.389 e. The van der Waals surface area contributed by atoms with Gasteiger partial charge in [0.25, 0.3) is 0 Å². The summed E-state index contributed by atoms with van der Waals surface area (Å²) in [6, 6.07) is 0.475. The molecular weight excluding hydrogens is 200 g/mol. The Bertz CT molecular complexity index is 250. The van der Waals surface area contributed by atoms with E-state index in [0.29, 0.717) is 12.6 Å². The second kappa shape index (κ2) is 4.28. The molecule has 16 heavy (non-hydrogen) atoms. The van der Waals surface area contributed by atoms with Gasteiger partial charge in [0, 0.05) is 24.5 Å². The highest BCUT2D eigenvalue weighted by molar-refractivity contribution is 5.05. The third-order valence-corrected chi connectivity index (χ3v) is 5.20. The molecule has 1 heterocycles. The van der Waals surface area contributed by atoms with Gasteiger partial charge in [-0.05, 0) is 39.7 Å². The molecule has 0 amide bonds. The Morgan fingerprint density at radius 3 is 2.44 bits per heavy atom. The van der Waals surface area contributed by atoms with Gasteiger partial charge in [0.15, 0.2) is 0 Å². The van der Waals surface area contributed by atoms with Crippen LogP contribution in [0.4, 0.5) is 0 Å². The van der Waals surface area contributed by atoms with Crippen LogP contribution in [0.25, 0.3) is 0 Å². The van der Waals surface area contributed by atoms with Crippen molar-refractivity contribution >= 4 is 0 Å². The van der Waals surface area contributed by atoms with Crippen molar-refractivity contribution in [3.05, 3.63) is 0 Å². The van der Waals surface area contributed by atoms with Gasteiger partial charge in [-0.3, -0.25) is 0 Å². The molecule has 1 aliphatic carbocycles. The summed E-state index contributed by atoms with van der Waals surface area (Å²) in [6.45, 7) is 3.86. The molecule has 1 saturated carbocycles. The first-order valence-corrected chi connectivity index (χ1v) is 6.66. The second-order valence-electron chi connectivity index (χ2n) is 6.01. The zero-order valence-electron chi connectivity index (χ0n) is 10.7. The Kier molecular flexibility index (Phi) is 3.30. The molecule has 0 radical (unpaired) electrons. The molecule has 94 valence electrons. The number of hydrogen-bond donors (Lipinski definition) is 2. The van der Waals surface area contributed by atoms with Gasteiger partial charge < -0.3 is 15.7 Å². The van der Waals surface area contributed by atoms with Crippen LogP contribution in [-0.4, -0.2) is 41.8 Å². The summed E-state index contributed by atoms with van der Waals surface area (Å²) in [5.41, 5.74) is 5.50. The Morgan fingerprint density at radius 1 is 1.31 bits per heavy atom. The molecule has 0 spiro atoms. The van der Waals surface area contributed by atoms with E-state index in [9.17, 15) is 5.11 Å². The topological polar surface area (TPSA) is 49.5 Å². The number of aliphatic hydroxyl groups is 1. The molecule has 3 N–H and O–H groups in total. The number of piperidine rings is 1. The van der Waals surface area contributed by atoms with Gasteiger partial charge in [-0.15, -0.1) is 0 Å². The lowest BCUT2D eigenvalue weighted by molar-refractivity contribution is -0.125. The molecule has 2 unspecified atom stereocenters. The van der Waals surface area contributed by atoms with Crippen molar-refractivity contribution in [2.45, 2.75) is 57.1 Å². The van der Waals surface area contributed by atoms with Gasteiger partial charge in [0.05, 0.1) is 5.60 Å². The van der Waals surface area contributed by atoms with E-state index in [4.69, 9.17) is 5.73 Å². The molecule has 2 rings (SSSR count). The van der Waals surface area contributed by atoms with Crippen LogP contribution in [0.2, 0.25) is 0 Å². The van der Waals surface area contributed by atoms with Crippen molar-refractivity contribution in [3.63, 3.8) is 0 Å². The molecule has 1 aliphatic heterocycles. The SMILES string of the molecule is CC1CC(O)(C2(CN)CCCC2)CCN1C. The van der Waals surface area contributed by atoms with Gasteiger partial charge in [0.1, 0.15) is 0 Å². The first-order valence-electron chi connectivity index (χ1n) is 6.66. The van der Waals surface area contributed by atoms with E-state index in [2.05, 4.69) is 18.9 Å². The largest absolute Gasteiger partial charge is 0.389 e. The summed E-state index contributed by atoms with van der Waals surface area (Å²) in [6.07, 6.45) is 6.51. The van der Waals surface area contributed by atoms with Crippen LogP contribution in [0.3, 0.4) is 0 Å². The first-order chi connectivity index (χ1) is 7.53. The predicted octanol–water partition coefficient (Wildman–Crippen LogP) is 1.35. The lowest BCUT2D eigenvalue weighted by Crippen LogP contribution is -2.58. The van der Waals surface area contributed by atoms with Crippen LogP contribution in [-0.2, 0) is 0 Å². The van der Waals surface area contributed by atoms with E-state index in [0.717, 1.165) is 32.2 Å². The summed E-state index contributed by atoms with van der Waals surface area (Å²) in [5, 5.41) is 11.0. The minimum atomic E-state index is -0.510. The maximum Gasteiger partial charge on any atom is 0.0742 e. The van der Waals surface area contributed by atoms with Crippen molar-refractivity contribution < 1.29 is 5.11 Å². The van der Waals surface area contributed by atoms with E-state index in [-0.39, 0.29) is 5.41 Å². The monoisotopic (exact) mass is 226 g/mol. The van der Waals surface area contributed by atoms with Gasteiger partial charge >= 0.3 is 0 Å². The molecule has 2 atom stereocenters. The third kappa shape index (κ3) is 1.79. The summed E-state index contributed by atoms with van der Waals surface area (Å²) >= 11 is 0. The standard InChI is InChI=1S/C13H26N2O/c1-11-9-13(16,7-8-15(11)2)12(10-14)5-3-4-6-12/h11,16H,3-10,14H2,1-2H3. The molecule has 1 saturated heterocycles. The predicted molar refractivity (Wildman–Crippen MR) is 66.2 cm³/mol. The Morgan fingerprint density at radius 2 is 1.94 bits per heavy atom. The number of likely N-dealkylation sites (tertiary alicyclic amines) is 1. The number of nitrogens with two attached hydrogens (primary N) is 1. The van der Waals surface area contributed by atoms with E-state index in [1.165, 1.54) is 12.8 Å². The van der Waals surface area contributed by atoms with Crippen molar-refractivity contribution in [1.29, 1.82) is 0 Å². The van der Waals surface area contributed by atoms with Crippen molar-refractivity contribution in [1.82, 2.24) is 4.90 Å². The van der Waals surface area contributed by atoms with E-state index in [1.807, 2.05) is 0 Å². The summed E-state index contributed by atoms with van der Waals surface area (Å²) in [4.78, 5) is 2.34. The molecule has 3 heteroatoms. The fourth-order valence-electron chi connectivity index (χ4n) is 3.72. The van der Waals surface area contributed by atoms with Crippen LogP contribution >= 0.6 is 0 Å². The Hall–Kier alpha value is -0.120. The van der Waals surface area contributed by atoms with Crippen LogP contribution in [0.1, 0.15) is 45.4 Å². The second-order valence-corrected chi connectivity index (χ2v) is 6.01. The maximum atomic E-state index is 11.0. The van der Waals surface area contributed by atoms with E-state index >= 15 is 0 Å². The van der Waals surface area contributed by atoms with E-state index < -0.39 is 5.60 Å². The highest BCUT2D eigenvalue weighted by atomic mass is 16.3. The Balaban J connectivity index is 2.17. The quantitative estimate of drug-likeness (QED) is 0.747. The molecule has 2 aliphatic rings. The molecular formula is C13H26N2O. The van der Waals surface area contributed by atoms with Gasteiger partial charge in [-0.2, -0.15) is 0 Å². The van der Waals surface area contributed by atoms with E-state index in [1.54, 1.807) is 0 Å². The molecule has 0 aromatic rings. The van der Waals surface area contributed by atoms with Crippen LogP contribution in [0, 0.1) is 5.41 Å². The average Bonchev–Trinajstić information content (AvgIpc) is 2.74. The summed E-state index contributed by atoms with van der Waals surface area (Å²) < 4.78 is 0. The first kappa shape index (κ1) is 12.3. The third-order valence-electron chi connectivity index (χ3n) is 5.20. The highest BCUT2D eigenvalue weighted by Gasteiger charge is 2.52. The normalized spacial score (nSPS) is 40.1. The number of rotatable bonds is 2. The zero-order valence-corrected chi connectivity index (χ0v) is 10.7. The van der Waals surface area contributed by atoms with Crippen LogP contribution < -0.4 is 5.73 Å². The summed E-state index contributed by atoms with van der Waals surface area (Å²) in [7, 11) is 2.15. The maximum absolute atomic E-state index is 11.0. The van der Waals surface area contributed by atoms with Gasteiger partial charge in [-0.25, -0.2) is 0 Å². The molecule has 0 aromatic carbocycles. The van der Waals surface area contributed by atoms with Crippen molar-refractivity contribution in [3.8, 4) is 0 Å². The van der Waals surface area contributed by atoms with Crippen molar-refractivity contribution in [2.24, 2.45) is 11.1 Å². The fourth-order valence-corrected chi connectivity index (χ4v) is 3.72. The van der Waals surface area contributed by atoms with Gasteiger partial charge in [-0.1, -0.05) is 12.8 Å². The van der Waals surface area contributed by atoms with Crippen LogP contribution in [0.5, 0.6) is 0 Å². The average molecular weight is 226 g/mol. The van der Waals surface area contributed by atoms with Gasteiger partial charge in [0.2, 0.25) is 0 Å². The highest BCUT2D eigenvalue weighted by Crippen LogP contribution is 2.50. The number of nitrogens with zero attached hydrogens (tertiary/aromatic N) is 1. The fraction of sp³-hybridized carbons (Fsp3) is 1.00. The minimum absolute atomic E-state index is 0.0164. The summed E-state index contributed by atoms with van der Waals surface area (Å²) in [5.74, 6) is 0. The van der Waals surface area contributed by atoms with Crippen LogP contribution in [0.15, 0.2) is 0 Å².